The molecule has 0 atom stereocenters. The van der Waals surface area contributed by atoms with Crippen LogP contribution < -0.4 is 15.4 Å². The van der Waals surface area contributed by atoms with E-state index in [9.17, 15) is 8.42 Å². The summed E-state index contributed by atoms with van der Waals surface area (Å²) < 4.78 is 28.1. The zero-order valence-corrected chi connectivity index (χ0v) is 13.9. The van der Waals surface area contributed by atoms with Crippen molar-refractivity contribution in [3.8, 4) is 0 Å². The van der Waals surface area contributed by atoms with Gasteiger partial charge in [-0.2, -0.15) is 17.7 Å². The molecule has 2 heterocycles. The highest BCUT2D eigenvalue weighted by molar-refractivity contribution is 7.87. The first-order chi connectivity index (χ1) is 10.5. The molecule has 3 N–H and O–H groups in total. The van der Waals surface area contributed by atoms with Crippen molar-refractivity contribution in [3.63, 3.8) is 0 Å². The molecule has 0 saturated carbocycles. The lowest BCUT2D eigenvalue weighted by Crippen LogP contribution is -2.40. The zero-order chi connectivity index (χ0) is 16.0. The van der Waals surface area contributed by atoms with Gasteiger partial charge in [-0.3, -0.25) is 0 Å². The standard InChI is InChI=1S/C13H24N6O2S/c1-3-14-13-17-11(2)10-12(18-13)15-6-7-16-22(20,21)19-8-4-5-9-19/h10,16H,3-9H2,1-2H3,(H2,14,15,17,18). The van der Waals surface area contributed by atoms with Crippen LogP contribution in [0.1, 0.15) is 25.5 Å². The summed E-state index contributed by atoms with van der Waals surface area (Å²) in [6, 6.07) is 1.83. The van der Waals surface area contributed by atoms with Crippen molar-refractivity contribution in [2.45, 2.75) is 26.7 Å². The van der Waals surface area contributed by atoms with Gasteiger partial charge in [-0.1, -0.05) is 0 Å². The normalized spacial score (nSPS) is 15.9. The summed E-state index contributed by atoms with van der Waals surface area (Å²) in [5.74, 6) is 1.26. The third-order valence-corrected chi connectivity index (χ3v) is 4.92. The Morgan fingerprint density at radius 3 is 2.59 bits per heavy atom. The van der Waals surface area contributed by atoms with E-state index in [0.29, 0.717) is 37.9 Å². The van der Waals surface area contributed by atoms with Gasteiger partial charge in [0.2, 0.25) is 5.95 Å². The third-order valence-electron chi connectivity index (χ3n) is 3.31. The Morgan fingerprint density at radius 2 is 1.91 bits per heavy atom. The molecule has 1 aliphatic rings. The number of aryl methyl sites for hydroxylation is 1. The minimum absolute atomic E-state index is 0.318. The van der Waals surface area contributed by atoms with Crippen LogP contribution in [-0.2, 0) is 10.2 Å². The molecule has 0 radical (unpaired) electrons. The summed E-state index contributed by atoms with van der Waals surface area (Å²) in [6.07, 6.45) is 1.87. The topological polar surface area (TPSA) is 99.2 Å². The van der Waals surface area contributed by atoms with Crippen molar-refractivity contribution < 1.29 is 8.42 Å². The molecule has 0 unspecified atom stereocenters. The number of nitrogens with one attached hydrogen (secondary N) is 3. The van der Waals surface area contributed by atoms with Crippen LogP contribution >= 0.6 is 0 Å². The van der Waals surface area contributed by atoms with E-state index >= 15 is 0 Å². The number of aromatic nitrogens is 2. The molecule has 1 fully saturated rings. The van der Waals surface area contributed by atoms with E-state index in [1.54, 1.807) is 0 Å². The molecule has 1 aromatic heterocycles. The molecule has 1 saturated heterocycles. The number of nitrogens with zero attached hydrogens (tertiary/aromatic N) is 3. The maximum Gasteiger partial charge on any atom is 0.279 e. The lowest BCUT2D eigenvalue weighted by Gasteiger charge is -2.16. The minimum atomic E-state index is -3.34. The van der Waals surface area contributed by atoms with Crippen molar-refractivity contribution >= 4 is 22.0 Å². The smallest absolute Gasteiger partial charge is 0.279 e. The van der Waals surface area contributed by atoms with E-state index in [1.165, 1.54) is 4.31 Å². The summed E-state index contributed by atoms with van der Waals surface area (Å²) >= 11 is 0. The molecule has 1 aromatic rings. The highest BCUT2D eigenvalue weighted by Crippen LogP contribution is 2.11. The van der Waals surface area contributed by atoms with E-state index in [-0.39, 0.29) is 0 Å². The molecule has 1 aliphatic heterocycles. The van der Waals surface area contributed by atoms with Crippen LogP contribution in [0.15, 0.2) is 6.07 Å². The fourth-order valence-corrected chi connectivity index (χ4v) is 3.57. The van der Waals surface area contributed by atoms with Crippen LogP contribution in [0.25, 0.3) is 0 Å². The second kappa shape index (κ2) is 7.70. The Morgan fingerprint density at radius 1 is 1.18 bits per heavy atom. The van der Waals surface area contributed by atoms with Crippen LogP contribution in [0.2, 0.25) is 0 Å². The Labute approximate surface area is 131 Å². The summed E-state index contributed by atoms with van der Waals surface area (Å²) in [7, 11) is -3.34. The van der Waals surface area contributed by atoms with Crippen LogP contribution in [-0.4, -0.2) is 55.4 Å². The lowest BCUT2D eigenvalue weighted by atomic mass is 10.4. The summed E-state index contributed by atoms with van der Waals surface area (Å²) in [5, 5.41) is 6.17. The molecule has 22 heavy (non-hydrogen) atoms. The van der Waals surface area contributed by atoms with Gasteiger partial charge in [0.25, 0.3) is 10.2 Å². The highest BCUT2D eigenvalue weighted by Gasteiger charge is 2.24. The Bertz CT molecular complexity index is 586. The summed E-state index contributed by atoms with van der Waals surface area (Å²) in [4.78, 5) is 8.58. The molecular formula is C13H24N6O2S. The molecule has 0 bridgehead atoms. The Kier molecular flexibility index (Phi) is 5.92. The van der Waals surface area contributed by atoms with E-state index in [2.05, 4.69) is 25.3 Å². The Hall–Kier alpha value is -1.45. The maximum absolute atomic E-state index is 12.0. The fraction of sp³-hybridized carbons (Fsp3) is 0.692. The van der Waals surface area contributed by atoms with Gasteiger partial charge in [0.15, 0.2) is 0 Å². The number of anilines is 2. The first kappa shape index (κ1) is 16.9. The van der Waals surface area contributed by atoms with Crippen LogP contribution in [0.3, 0.4) is 0 Å². The van der Waals surface area contributed by atoms with E-state index in [1.807, 2.05) is 19.9 Å². The number of rotatable bonds is 8. The molecule has 2 rings (SSSR count). The molecule has 0 spiro atoms. The molecule has 0 aliphatic carbocycles. The van der Waals surface area contributed by atoms with Gasteiger partial charge in [0.05, 0.1) is 0 Å². The highest BCUT2D eigenvalue weighted by atomic mass is 32.2. The van der Waals surface area contributed by atoms with E-state index in [4.69, 9.17) is 0 Å². The predicted molar refractivity (Wildman–Crippen MR) is 87.2 cm³/mol. The minimum Gasteiger partial charge on any atom is -0.369 e. The van der Waals surface area contributed by atoms with Gasteiger partial charge in [-0.15, -0.1) is 0 Å². The predicted octanol–water partition coefficient (Wildman–Crippen LogP) is 0.559. The van der Waals surface area contributed by atoms with Crippen LogP contribution in [0.5, 0.6) is 0 Å². The van der Waals surface area contributed by atoms with Gasteiger partial charge < -0.3 is 10.6 Å². The van der Waals surface area contributed by atoms with Gasteiger partial charge >= 0.3 is 0 Å². The number of hydrogen-bond acceptors (Lipinski definition) is 6. The first-order valence-corrected chi connectivity index (χ1v) is 9.03. The molecule has 0 amide bonds. The third kappa shape index (κ3) is 4.79. The van der Waals surface area contributed by atoms with Gasteiger partial charge in [0.1, 0.15) is 5.82 Å². The summed E-state index contributed by atoms with van der Waals surface area (Å²) in [6.45, 7) is 6.63. The monoisotopic (exact) mass is 328 g/mol. The fourth-order valence-electron chi connectivity index (χ4n) is 2.29. The lowest BCUT2D eigenvalue weighted by molar-refractivity contribution is 0.466. The molecule has 0 aromatic carbocycles. The van der Waals surface area contributed by atoms with Gasteiger partial charge in [-0.25, -0.2) is 9.71 Å². The van der Waals surface area contributed by atoms with E-state index < -0.39 is 10.2 Å². The SMILES string of the molecule is CCNc1nc(C)cc(NCCNS(=O)(=O)N2CCCC2)n1. The molecule has 9 heteroatoms. The average Bonchev–Trinajstić information content (AvgIpc) is 2.98. The second-order valence-corrected chi connectivity index (χ2v) is 6.94. The molecule has 8 nitrogen and oxygen atoms in total. The number of hydrogen-bond donors (Lipinski definition) is 3. The molecule has 124 valence electrons. The van der Waals surface area contributed by atoms with Crippen molar-refractivity contribution in [1.82, 2.24) is 19.0 Å². The zero-order valence-electron chi connectivity index (χ0n) is 13.1. The largest absolute Gasteiger partial charge is 0.369 e. The van der Waals surface area contributed by atoms with Crippen LogP contribution in [0, 0.1) is 6.92 Å². The van der Waals surface area contributed by atoms with Crippen molar-refractivity contribution in [3.05, 3.63) is 11.8 Å². The van der Waals surface area contributed by atoms with Crippen LogP contribution in [0.4, 0.5) is 11.8 Å². The van der Waals surface area contributed by atoms with E-state index in [0.717, 1.165) is 25.1 Å². The van der Waals surface area contributed by atoms with Crippen molar-refractivity contribution in [2.24, 2.45) is 0 Å². The Balaban J connectivity index is 1.81. The second-order valence-electron chi connectivity index (χ2n) is 5.18. The quantitative estimate of drug-likeness (QED) is 0.603. The average molecular weight is 328 g/mol. The summed E-state index contributed by atoms with van der Waals surface area (Å²) in [5.41, 5.74) is 0.853. The van der Waals surface area contributed by atoms with Crippen molar-refractivity contribution in [1.29, 1.82) is 0 Å². The molecular weight excluding hydrogens is 304 g/mol. The maximum atomic E-state index is 12.0. The van der Waals surface area contributed by atoms with Gasteiger partial charge in [-0.05, 0) is 26.7 Å². The first-order valence-electron chi connectivity index (χ1n) is 7.59. The van der Waals surface area contributed by atoms with Gasteiger partial charge in [0, 0.05) is 44.5 Å². The van der Waals surface area contributed by atoms with Crippen molar-refractivity contribution in [2.75, 3.05) is 43.4 Å².